The van der Waals surface area contributed by atoms with Crippen LogP contribution in [0.5, 0.6) is 5.88 Å². The highest BCUT2D eigenvalue weighted by Crippen LogP contribution is 2.23. The zero-order chi connectivity index (χ0) is 13.9. The molecule has 1 atom stereocenters. The van der Waals surface area contributed by atoms with Gasteiger partial charge in [0.1, 0.15) is 6.61 Å². The second-order valence-corrected chi connectivity index (χ2v) is 6.58. The Labute approximate surface area is 117 Å². The molecule has 1 aliphatic heterocycles. The fourth-order valence-corrected chi connectivity index (χ4v) is 2.45. The molecule has 0 saturated carbocycles. The van der Waals surface area contributed by atoms with E-state index in [4.69, 9.17) is 4.74 Å². The van der Waals surface area contributed by atoms with Gasteiger partial charge in [0.05, 0.1) is 0 Å². The molecule has 2 heterocycles. The van der Waals surface area contributed by atoms with Crippen molar-refractivity contribution in [1.82, 2.24) is 9.88 Å². The molecular formula is C16H26N2O. The lowest BCUT2D eigenvalue weighted by molar-refractivity contribution is 0.122. The van der Waals surface area contributed by atoms with E-state index < -0.39 is 0 Å². The smallest absolute Gasteiger partial charge is 0.213 e. The van der Waals surface area contributed by atoms with Gasteiger partial charge in [-0.3, -0.25) is 0 Å². The molecule has 1 aromatic heterocycles. The van der Waals surface area contributed by atoms with Gasteiger partial charge in [0, 0.05) is 18.3 Å². The van der Waals surface area contributed by atoms with Crippen molar-refractivity contribution in [3.05, 3.63) is 23.9 Å². The van der Waals surface area contributed by atoms with Crippen LogP contribution in [0.25, 0.3) is 0 Å². The Kier molecular flexibility index (Phi) is 4.46. The van der Waals surface area contributed by atoms with E-state index in [0.29, 0.717) is 6.04 Å². The van der Waals surface area contributed by atoms with Crippen LogP contribution in [-0.4, -0.2) is 36.1 Å². The summed E-state index contributed by atoms with van der Waals surface area (Å²) in [7, 11) is 2.18. The minimum atomic E-state index is 0.148. The van der Waals surface area contributed by atoms with E-state index >= 15 is 0 Å². The molecule has 3 heteroatoms. The molecule has 0 bridgehead atoms. The van der Waals surface area contributed by atoms with Gasteiger partial charge in [0.2, 0.25) is 5.88 Å². The lowest BCUT2D eigenvalue weighted by Gasteiger charge is -2.32. The van der Waals surface area contributed by atoms with E-state index in [0.717, 1.165) is 12.5 Å². The summed E-state index contributed by atoms with van der Waals surface area (Å²) in [6.45, 7) is 8.52. The number of nitrogens with zero attached hydrogens (tertiary/aromatic N) is 2. The number of ether oxygens (including phenoxy) is 1. The SMILES string of the molecule is CN1CCCCC1COc1ccc(C(C)(C)C)cn1. The van der Waals surface area contributed by atoms with Crippen LogP contribution in [0.1, 0.15) is 45.6 Å². The van der Waals surface area contributed by atoms with Gasteiger partial charge in [-0.25, -0.2) is 4.98 Å². The largest absolute Gasteiger partial charge is 0.476 e. The number of aromatic nitrogens is 1. The van der Waals surface area contributed by atoms with E-state index in [9.17, 15) is 0 Å². The van der Waals surface area contributed by atoms with Crippen LogP contribution in [-0.2, 0) is 5.41 Å². The van der Waals surface area contributed by atoms with Crippen molar-refractivity contribution in [1.29, 1.82) is 0 Å². The summed E-state index contributed by atoms with van der Waals surface area (Å²) in [5.74, 6) is 0.743. The summed E-state index contributed by atoms with van der Waals surface area (Å²) in [6.07, 6.45) is 5.79. The average molecular weight is 262 g/mol. The number of hydrogen-bond acceptors (Lipinski definition) is 3. The van der Waals surface area contributed by atoms with E-state index in [2.05, 4.69) is 43.8 Å². The van der Waals surface area contributed by atoms with Gasteiger partial charge >= 0.3 is 0 Å². The van der Waals surface area contributed by atoms with Crippen molar-refractivity contribution < 1.29 is 4.74 Å². The molecular weight excluding hydrogens is 236 g/mol. The van der Waals surface area contributed by atoms with Gasteiger partial charge in [-0.05, 0) is 37.4 Å². The number of likely N-dealkylation sites (N-methyl/N-ethyl adjacent to an activating group) is 1. The van der Waals surface area contributed by atoms with Crippen LogP contribution >= 0.6 is 0 Å². The van der Waals surface area contributed by atoms with Gasteiger partial charge in [0.15, 0.2) is 0 Å². The number of piperidine rings is 1. The first-order chi connectivity index (χ1) is 8.97. The van der Waals surface area contributed by atoms with Gasteiger partial charge in [-0.1, -0.05) is 33.3 Å². The monoisotopic (exact) mass is 262 g/mol. The average Bonchev–Trinajstić information content (AvgIpc) is 2.37. The van der Waals surface area contributed by atoms with Crippen LogP contribution in [0.2, 0.25) is 0 Å². The third kappa shape index (κ3) is 3.93. The molecule has 1 aliphatic rings. The zero-order valence-corrected chi connectivity index (χ0v) is 12.6. The molecule has 3 nitrogen and oxygen atoms in total. The molecule has 106 valence electrons. The molecule has 0 N–H and O–H groups in total. The van der Waals surface area contributed by atoms with Gasteiger partial charge in [-0.2, -0.15) is 0 Å². The Morgan fingerprint density at radius 1 is 1.32 bits per heavy atom. The first-order valence-electron chi connectivity index (χ1n) is 7.26. The van der Waals surface area contributed by atoms with E-state index in [1.54, 1.807) is 0 Å². The minimum absolute atomic E-state index is 0.148. The summed E-state index contributed by atoms with van der Waals surface area (Å²) in [5.41, 5.74) is 1.39. The van der Waals surface area contributed by atoms with Crippen LogP contribution < -0.4 is 4.74 Å². The van der Waals surface area contributed by atoms with Gasteiger partial charge < -0.3 is 9.64 Å². The number of pyridine rings is 1. The van der Waals surface area contributed by atoms with Crippen LogP contribution in [0, 0.1) is 0 Å². The van der Waals surface area contributed by atoms with Crippen molar-refractivity contribution in [2.75, 3.05) is 20.2 Å². The molecule has 0 amide bonds. The lowest BCUT2D eigenvalue weighted by atomic mass is 9.88. The van der Waals surface area contributed by atoms with E-state index in [1.165, 1.54) is 31.4 Å². The normalized spacial score (nSPS) is 21.4. The highest BCUT2D eigenvalue weighted by molar-refractivity contribution is 5.23. The summed E-state index contributed by atoms with van der Waals surface area (Å²) in [5, 5.41) is 0. The number of rotatable bonds is 3. The van der Waals surface area contributed by atoms with Crippen LogP contribution in [0.4, 0.5) is 0 Å². The Bertz CT molecular complexity index is 394. The van der Waals surface area contributed by atoms with Crippen LogP contribution in [0.3, 0.4) is 0 Å². The molecule has 1 fully saturated rings. The van der Waals surface area contributed by atoms with E-state index in [1.807, 2.05) is 12.3 Å². The molecule has 1 saturated heterocycles. The fraction of sp³-hybridized carbons (Fsp3) is 0.688. The Balaban J connectivity index is 1.89. The standard InChI is InChI=1S/C16H26N2O/c1-16(2,3)13-8-9-15(17-11-13)19-12-14-7-5-6-10-18(14)4/h8-9,11,14H,5-7,10,12H2,1-4H3. The van der Waals surface area contributed by atoms with Crippen molar-refractivity contribution in [2.24, 2.45) is 0 Å². The fourth-order valence-electron chi connectivity index (χ4n) is 2.45. The topological polar surface area (TPSA) is 25.4 Å². The molecule has 2 rings (SSSR count). The minimum Gasteiger partial charge on any atom is -0.476 e. The van der Waals surface area contributed by atoms with Crippen molar-refractivity contribution in [3.8, 4) is 5.88 Å². The maximum absolute atomic E-state index is 5.83. The van der Waals surface area contributed by atoms with Crippen LogP contribution in [0.15, 0.2) is 18.3 Å². The van der Waals surface area contributed by atoms with E-state index in [-0.39, 0.29) is 5.41 Å². The Hall–Kier alpha value is -1.09. The van der Waals surface area contributed by atoms with Crippen molar-refractivity contribution in [2.45, 2.75) is 51.5 Å². The third-order valence-corrected chi connectivity index (χ3v) is 3.95. The van der Waals surface area contributed by atoms with Crippen molar-refractivity contribution >= 4 is 0 Å². The highest BCUT2D eigenvalue weighted by atomic mass is 16.5. The maximum Gasteiger partial charge on any atom is 0.213 e. The summed E-state index contributed by atoms with van der Waals surface area (Å²) in [4.78, 5) is 6.81. The highest BCUT2D eigenvalue weighted by Gasteiger charge is 2.19. The maximum atomic E-state index is 5.83. The van der Waals surface area contributed by atoms with Crippen molar-refractivity contribution in [3.63, 3.8) is 0 Å². The van der Waals surface area contributed by atoms with Gasteiger partial charge in [0.25, 0.3) is 0 Å². The quantitative estimate of drug-likeness (QED) is 0.836. The predicted octanol–water partition coefficient (Wildman–Crippen LogP) is 3.24. The molecule has 0 aromatic carbocycles. The number of likely N-dealkylation sites (tertiary alicyclic amines) is 1. The first-order valence-corrected chi connectivity index (χ1v) is 7.26. The predicted molar refractivity (Wildman–Crippen MR) is 78.7 cm³/mol. The molecule has 0 spiro atoms. The zero-order valence-electron chi connectivity index (χ0n) is 12.6. The lowest BCUT2D eigenvalue weighted by Crippen LogP contribution is -2.40. The molecule has 1 aromatic rings. The summed E-state index contributed by atoms with van der Waals surface area (Å²) >= 11 is 0. The Morgan fingerprint density at radius 2 is 2.11 bits per heavy atom. The second-order valence-electron chi connectivity index (χ2n) is 6.58. The third-order valence-electron chi connectivity index (χ3n) is 3.95. The first kappa shape index (κ1) is 14.3. The van der Waals surface area contributed by atoms with Gasteiger partial charge in [-0.15, -0.1) is 0 Å². The summed E-state index contributed by atoms with van der Waals surface area (Å²) in [6, 6.07) is 4.65. The molecule has 0 radical (unpaired) electrons. The number of hydrogen-bond donors (Lipinski definition) is 0. The Morgan fingerprint density at radius 3 is 2.68 bits per heavy atom. The summed E-state index contributed by atoms with van der Waals surface area (Å²) < 4.78 is 5.83. The molecule has 19 heavy (non-hydrogen) atoms. The molecule has 1 unspecified atom stereocenters. The molecule has 0 aliphatic carbocycles. The second kappa shape index (κ2) is 5.91.